The molecule has 2 unspecified atom stereocenters. The molecule has 0 spiro atoms. The van der Waals surface area contributed by atoms with E-state index in [0.717, 1.165) is 30.5 Å². The fraction of sp³-hybridized carbons (Fsp3) is 0.643. The van der Waals surface area contributed by atoms with Crippen molar-refractivity contribution in [2.24, 2.45) is 5.92 Å². The van der Waals surface area contributed by atoms with Crippen LogP contribution < -0.4 is 5.32 Å². The monoisotopic (exact) mass is 282 g/mol. The summed E-state index contributed by atoms with van der Waals surface area (Å²) < 4.78 is 23.1. The summed E-state index contributed by atoms with van der Waals surface area (Å²) in [6, 6.07) is 2.33. The minimum atomic E-state index is -2.79. The van der Waals surface area contributed by atoms with Crippen molar-refractivity contribution >= 4 is 9.84 Å². The average Bonchev–Trinajstić information content (AvgIpc) is 2.68. The number of sulfone groups is 1. The smallest absolute Gasteiger partial charge is 0.150 e. The fourth-order valence-electron chi connectivity index (χ4n) is 2.74. The van der Waals surface area contributed by atoms with Gasteiger partial charge in [0, 0.05) is 18.4 Å². The molecule has 0 saturated carbocycles. The highest BCUT2D eigenvalue weighted by molar-refractivity contribution is 7.91. The Morgan fingerprint density at radius 1 is 1.47 bits per heavy atom. The number of aryl methyl sites for hydroxylation is 1. The molecule has 106 valence electrons. The summed E-state index contributed by atoms with van der Waals surface area (Å²) in [7, 11) is -2.79. The maximum atomic E-state index is 11.5. The van der Waals surface area contributed by atoms with Gasteiger partial charge in [-0.3, -0.25) is 4.98 Å². The van der Waals surface area contributed by atoms with Crippen LogP contribution in [0.2, 0.25) is 0 Å². The maximum Gasteiger partial charge on any atom is 0.150 e. The van der Waals surface area contributed by atoms with E-state index in [1.54, 1.807) is 0 Å². The molecule has 4 nitrogen and oxygen atoms in total. The van der Waals surface area contributed by atoms with Crippen LogP contribution in [0.4, 0.5) is 0 Å². The number of nitrogens with one attached hydrogen (secondary N) is 1. The van der Waals surface area contributed by atoms with Gasteiger partial charge in [0.1, 0.15) is 0 Å². The Kier molecular flexibility index (Phi) is 4.58. The highest BCUT2D eigenvalue weighted by Gasteiger charge is 2.30. The Balaban J connectivity index is 2.08. The number of hydrogen-bond donors (Lipinski definition) is 1. The van der Waals surface area contributed by atoms with Gasteiger partial charge >= 0.3 is 0 Å². The lowest BCUT2D eigenvalue weighted by Gasteiger charge is -2.21. The summed E-state index contributed by atoms with van der Waals surface area (Å²) in [5, 5.41) is 3.45. The van der Waals surface area contributed by atoms with Crippen molar-refractivity contribution in [3.63, 3.8) is 0 Å². The van der Waals surface area contributed by atoms with Gasteiger partial charge in [-0.25, -0.2) is 8.42 Å². The molecule has 2 atom stereocenters. The van der Waals surface area contributed by atoms with E-state index >= 15 is 0 Å². The molecule has 0 aromatic carbocycles. The molecule has 0 radical (unpaired) electrons. The van der Waals surface area contributed by atoms with Gasteiger partial charge in [0.05, 0.1) is 11.5 Å². The van der Waals surface area contributed by atoms with Crippen LogP contribution in [0.15, 0.2) is 18.5 Å². The molecule has 19 heavy (non-hydrogen) atoms. The minimum absolute atomic E-state index is 0.204. The molecule has 0 amide bonds. The highest BCUT2D eigenvalue weighted by atomic mass is 32.2. The van der Waals surface area contributed by atoms with E-state index in [0.29, 0.717) is 11.5 Å². The van der Waals surface area contributed by atoms with Gasteiger partial charge in [0.15, 0.2) is 9.84 Å². The Bertz CT molecular complexity index is 528. The molecule has 5 heteroatoms. The predicted molar refractivity (Wildman–Crippen MR) is 76.8 cm³/mol. The molecule has 0 aliphatic carbocycles. The minimum Gasteiger partial charge on any atom is -0.310 e. The van der Waals surface area contributed by atoms with E-state index in [2.05, 4.69) is 23.3 Å². The predicted octanol–water partition coefficient (Wildman–Crippen LogP) is 1.87. The van der Waals surface area contributed by atoms with Crippen LogP contribution in [0.1, 0.15) is 36.9 Å². The van der Waals surface area contributed by atoms with Crippen molar-refractivity contribution in [2.75, 3.05) is 18.1 Å². The van der Waals surface area contributed by atoms with Crippen molar-refractivity contribution in [2.45, 2.75) is 32.7 Å². The van der Waals surface area contributed by atoms with Gasteiger partial charge in [0.2, 0.25) is 0 Å². The van der Waals surface area contributed by atoms with Gasteiger partial charge in [0.25, 0.3) is 0 Å². The standard InChI is InChI=1S/C14H22N2O2S/c1-3-16-14(13-6-11(2)8-15-9-13)7-12-4-5-19(17,18)10-12/h6,8-9,12,14,16H,3-5,7,10H2,1-2H3. The summed E-state index contributed by atoms with van der Waals surface area (Å²) in [5.74, 6) is 0.964. The van der Waals surface area contributed by atoms with E-state index in [-0.39, 0.29) is 12.0 Å². The van der Waals surface area contributed by atoms with Gasteiger partial charge < -0.3 is 5.32 Å². The maximum absolute atomic E-state index is 11.5. The summed E-state index contributed by atoms with van der Waals surface area (Å²) in [5.41, 5.74) is 2.30. The van der Waals surface area contributed by atoms with Crippen molar-refractivity contribution in [1.82, 2.24) is 10.3 Å². The summed E-state index contributed by atoms with van der Waals surface area (Å²) in [6.07, 6.45) is 5.39. The van der Waals surface area contributed by atoms with Crippen LogP contribution in [-0.4, -0.2) is 31.5 Å². The Morgan fingerprint density at radius 2 is 2.26 bits per heavy atom. The lowest BCUT2D eigenvalue weighted by Crippen LogP contribution is -2.24. The second kappa shape index (κ2) is 6.01. The number of rotatable bonds is 5. The van der Waals surface area contributed by atoms with E-state index in [4.69, 9.17) is 0 Å². The summed E-state index contributed by atoms with van der Waals surface area (Å²) >= 11 is 0. The first-order chi connectivity index (χ1) is 9.00. The van der Waals surface area contributed by atoms with Gasteiger partial charge in [-0.1, -0.05) is 13.0 Å². The van der Waals surface area contributed by atoms with Crippen molar-refractivity contribution in [3.8, 4) is 0 Å². The Labute approximate surface area is 115 Å². The van der Waals surface area contributed by atoms with Crippen molar-refractivity contribution in [3.05, 3.63) is 29.6 Å². The van der Waals surface area contributed by atoms with Crippen LogP contribution in [-0.2, 0) is 9.84 Å². The second-order valence-corrected chi connectivity index (χ2v) is 7.64. The lowest BCUT2D eigenvalue weighted by atomic mass is 9.94. The number of nitrogens with zero attached hydrogens (tertiary/aromatic N) is 1. The van der Waals surface area contributed by atoms with Crippen LogP contribution in [0.25, 0.3) is 0 Å². The third-order valence-corrected chi connectivity index (χ3v) is 5.48. The zero-order valence-corrected chi connectivity index (χ0v) is 12.4. The average molecular weight is 282 g/mol. The fourth-order valence-corrected chi connectivity index (χ4v) is 4.62. The lowest BCUT2D eigenvalue weighted by molar-refractivity contribution is 0.421. The van der Waals surface area contributed by atoms with E-state index in [1.165, 1.54) is 0 Å². The molecule has 1 saturated heterocycles. The van der Waals surface area contributed by atoms with E-state index in [1.807, 2.05) is 19.3 Å². The van der Waals surface area contributed by atoms with Gasteiger partial charge in [-0.2, -0.15) is 0 Å². The molecule has 1 aromatic heterocycles. The molecule has 1 aromatic rings. The molecule has 0 bridgehead atoms. The molecule has 2 rings (SSSR count). The van der Waals surface area contributed by atoms with Gasteiger partial charge in [-0.05, 0) is 43.4 Å². The zero-order chi connectivity index (χ0) is 13.9. The van der Waals surface area contributed by atoms with E-state index in [9.17, 15) is 8.42 Å². The van der Waals surface area contributed by atoms with Crippen molar-refractivity contribution < 1.29 is 8.42 Å². The SMILES string of the molecule is CCNC(CC1CCS(=O)(=O)C1)c1cncc(C)c1. The first-order valence-corrected chi connectivity index (χ1v) is 8.67. The molecule has 1 aliphatic heterocycles. The van der Waals surface area contributed by atoms with Crippen molar-refractivity contribution in [1.29, 1.82) is 0 Å². The third kappa shape index (κ3) is 4.01. The number of hydrogen-bond acceptors (Lipinski definition) is 4. The van der Waals surface area contributed by atoms with E-state index < -0.39 is 9.84 Å². The molecule has 1 aliphatic rings. The molecule has 1 fully saturated rings. The Hall–Kier alpha value is -0.940. The largest absolute Gasteiger partial charge is 0.310 e. The number of pyridine rings is 1. The van der Waals surface area contributed by atoms with Crippen LogP contribution in [0.5, 0.6) is 0 Å². The molecular weight excluding hydrogens is 260 g/mol. The highest BCUT2D eigenvalue weighted by Crippen LogP contribution is 2.29. The van der Waals surface area contributed by atoms with Crippen LogP contribution >= 0.6 is 0 Å². The Morgan fingerprint density at radius 3 is 2.84 bits per heavy atom. The normalized spacial score (nSPS) is 23.4. The molecule has 1 N–H and O–H groups in total. The van der Waals surface area contributed by atoms with Crippen LogP contribution in [0.3, 0.4) is 0 Å². The summed E-state index contributed by atoms with van der Waals surface area (Å²) in [6.45, 7) is 4.97. The summed E-state index contributed by atoms with van der Waals surface area (Å²) in [4.78, 5) is 4.23. The first-order valence-electron chi connectivity index (χ1n) is 6.85. The zero-order valence-electron chi connectivity index (χ0n) is 11.6. The second-order valence-electron chi connectivity index (χ2n) is 5.41. The topological polar surface area (TPSA) is 59.1 Å². The number of aromatic nitrogens is 1. The third-order valence-electron chi connectivity index (χ3n) is 3.64. The van der Waals surface area contributed by atoms with Crippen LogP contribution in [0, 0.1) is 12.8 Å². The first kappa shape index (κ1) is 14.5. The quantitative estimate of drug-likeness (QED) is 0.895. The molecular formula is C14H22N2O2S. The molecule has 2 heterocycles. The van der Waals surface area contributed by atoms with Gasteiger partial charge in [-0.15, -0.1) is 0 Å².